The standard InChI is InChI=1S/C18H15ClF3N3O5S/c19-13-4-5-15(16(11-13)25(27)28)17(26)23-6-8-24(9-7-23)31(29,30)14-3-1-2-12(10-14)18(20,21)22/h1-5,10-11H,6-9H2. The number of nitrogens with zero attached hydrogens (tertiary/aromatic N) is 3. The Morgan fingerprint density at radius 3 is 2.29 bits per heavy atom. The summed E-state index contributed by atoms with van der Waals surface area (Å²) in [6.07, 6.45) is -4.69. The zero-order valence-corrected chi connectivity index (χ0v) is 17.2. The highest BCUT2D eigenvalue weighted by Crippen LogP contribution is 2.31. The summed E-state index contributed by atoms with van der Waals surface area (Å²) in [6, 6.07) is 7.00. The number of carbonyl (C=O) groups excluding carboxylic acids is 1. The number of hydrogen-bond acceptors (Lipinski definition) is 5. The zero-order chi connectivity index (χ0) is 23.0. The number of hydrogen-bond donors (Lipinski definition) is 0. The topological polar surface area (TPSA) is 101 Å². The van der Waals surface area contributed by atoms with Gasteiger partial charge in [0.25, 0.3) is 11.6 Å². The Hall–Kier alpha value is -2.70. The number of halogens is 4. The minimum atomic E-state index is -4.69. The van der Waals surface area contributed by atoms with Crippen LogP contribution in [0.25, 0.3) is 0 Å². The lowest BCUT2D eigenvalue weighted by Gasteiger charge is -2.34. The van der Waals surface area contributed by atoms with E-state index in [2.05, 4.69) is 0 Å². The molecular formula is C18H15ClF3N3O5S. The van der Waals surface area contributed by atoms with Gasteiger partial charge in [-0.25, -0.2) is 8.42 Å². The van der Waals surface area contributed by atoms with Crippen LogP contribution in [-0.4, -0.2) is 54.6 Å². The van der Waals surface area contributed by atoms with Crippen LogP contribution in [0.15, 0.2) is 47.4 Å². The van der Waals surface area contributed by atoms with E-state index in [1.807, 2.05) is 0 Å². The van der Waals surface area contributed by atoms with Gasteiger partial charge in [0.1, 0.15) is 5.56 Å². The van der Waals surface area contributed by atoms with Crippen molar-refractivity contribution in [2.24, 2.45) is 0 Å². The second kappa shape index (κ2) is 8.44. The van der Waals surface area contributed by atoms with Crippen molar-refractivity contribution in [3.05, 3.63) is 68.7 Å². The monoisotopic (exact) mass is 477 g/mol. The SMILES string of the molecule is O=C(c1ccc(Cl)cc1[N+](=O)[O-])N1CCN(S(=O)(=O)c2cccc(C(F)(F)F)c2)CC1. The molecule has 1 fully saturated rings. The fraction of sp³-hybridized carbons (Fsp3) is 0.278. The lowest BCUT2D eigenvalue weighted by Crippen LogP contribution is -2.50. The van der Waals surface area contributed by atoms with Crippen LogP contribution in [0, 0.1) is 10.1 Å². The van der Waals surface area contributed by atoms with Crippen molar-refractivity contribution in [2.75, 3.05) is 26.2 Å². The molecule has 0 radical (unpaired) electrons. The molecule has 2 aromatic rings. The van der Waals surface area contributed by atoms with Crippen LogP contribution in [0.1, 0.15) is 15.9 Å². The van der Waals surface area contributed by atoms with E-state index in [9.17, 15) is 36.5 Å². The molecule has 0 saturated carbocycles. The molecule has 1 aliphatic heterocycles. The van der Waals surface area contributed by atoms with Crippen molar-refractivity contribution in [3.63, 3.8) is 0 Å². The Morgan fingerprint density at radius 1 is 1.06 bits per heavy atom. The van der Waals surface area contributed by atoms with E-state index in [1.54, 1.807) is 0 Å². The van der Waals surface area contributed by atoms with Gasteiger partial charge in [-0.1, -0.05) is 17.7 Å². The maximum absolute atomic E-state index is 12.9. The number of rotatable bonds is 4. The number of nitro benzene ring substituents is 1. The van der Waals surface area contributed by atoms with Crippen molar-refractivity contribution >= 4 is 33.2 Å². The summed E-state index contributed by atoms with van der Waals surface area (Å²) < 4.78 is 65.2. The van der Waals surface area contributed by atoms with Gasteiger partial charge in [0.15, 0.2) is 0 Å². The highest BCUT2D eigenvalue weighted by molar-refractivity contribution is 7.89. The number of nitro groups is 1. The Morgan fingerprint density at radius 2 is 1.71 bits per heavy atom. The quantitative estimate of drug-likeness (QED) is 0.496. The molecule has 31 heavy (non-hydrogen) atoms. The predicted octanol–water partition coefficient (Wildman–Crippen LogP) is 3.41. The molecule has 1 saturated heterocycles. The number of amides is 1. The van der Waals surface area contributed by atoms with Gasteiger partial charge in [-0.3, -0.25) is 14.9 Å². The van der Waals surface area contributed by atoms with E-state index < -0.39 is 43.2 Å². The fourth-order valence-corrected chi connectivity index (χ4v) is 4.76. The number of carbonyl (C=O) groups is 1. The van der Waals surface area contributed by atoms with E-state index in [-0.39, 0.29) is 36.8 Å². The lowest BCUT2D eigenvalue weighted by molar-refractivity contribution is -0.385. The molecule has 0 aromatic heterocycles. The Balaban J connectivity index is 1.77. The van der Waals surface area contributed by atoms with Crippen LogP contribution in [0.4, 0.5) is 18.9 Å². The molecule has 0 aliphatic carbocycles. The first-order chi connectivity index (χ1) is 14.4. The number of benzene rings is 2. The van der Waals surface area contributed by atoms with Crippen molar-refractivity contribution in [3.8, 4) is 0 Å². The van der Waals surface area contributed by atoms with Crippen molar-refractivity contribution < 1.29 is 31.3 Å². The lowest BCUT2D eigenvalue weighted by atomic mass is 10.1. The molecule has 2 aromatic carbocycles. The van der Waals surface area contributed by atoms with Crippen LogP contribution < -0.4 is 0 Å². The van der Waals surface area contributed by atoms with Crippen LogP contribution in [0.2, 0.25) is 5.02 Å². The molecule has 13 heteroatoms. The van der Waals surface area contributed by atoms with Crippen molar-refractivity contribution in [1.82, 2.24) is 9.21 Å². The molecule has 0 N–H and O–H groups in total. The third-order valence-electron chi connectivity index (χ3n) is 4.71. The Kier molecular flexibility index (Phi) is 6.25. The first-order valence-electron chi connectivity index (χ1n) is 8.82. The highest BCUT2D eigenvalue weighted by atomic mass is 35.5. The van der Waals surface area contributed by atoms with Crippen LogP contribution in [0.5, 0.6) is 0 Å². The summed E-state index contributed by atoms with van der Waals surface area (Å²) in [5.41, 5.74) is -1.75. The molecule has 0 spiro atoms. The van der Waals surface area contributed by atoms with E-state index >= 15 is 0 Å². The molecule has 166 valence electrons. The van der Waals surface area contributed by atoms with E-state index in [4.69, 9.17) is 11.6 Å². The molecule has 1 heterocycles. The van der Waals surface area contributed by atoms with Gasteiger partial charge >= 0.3 is 6.18 Å². The van der Waals surface area contributed by atoms with Crippen LogP contribution in [0.3, 0.4) is 0 Å². The van der Waals surface area contributed by atoms with Crippen LogP contribution >= 0.6 is 11.6 Å². The van der Waals surface area contributed by atoms with Gasteiger partial charge in [-0.2, -0.15) is 17.5 Å². The minimum Gasteiger partial charge on any atom is -0.336 e. The van der Waals surface area contributed by atoms with E-state index in [0.717, 1.165) is 28.6 Å². The third kappa shape index (κ3) is 4.81. The molecule has 0 bridgehead atoms. The van der Waals surface area contributed by atoms with Gasteiger partial charge in [-0.15, -0.1) is 0 Å². The fourth-order valence-electron chi connectivity index (χ4n) is 3.12. The van der Waals surface area contributed by atoms with Gasteiger partial charge < -0.3 is 4.90 Å². The molecule has 0 unspecified atom stereocenters. The average Bonchev–Trinajstić information content (AvgIpc) is 2.72. The maximum Gasteiger partial charge on any atom is 0.416 e. The summed E-state index contributed by atoms with van der Waals surface area (Å²) in [4.78, 5) is 23.9. The smallest absolute Gasteiger partial charge is 0.336 e. The summed E-state index contributed by atoms with van der Waals surface area (Å²) in [5, 5.41) is 11.3. The Labute approximate surface area is 180 Å². The maximum atomic E-state index is 12.9. The highest BCUT2D eigenvalue weighted by Gasteiger charge is 2.35. The Bertz CT molecular complexity index is 1130. The number of sulfonamides is 1. The normalized spacial score (nSPS) is 15.7. The van der Waals surface area contributed by atoms with E-state index in [0.29, 0.717) is 6.07 Å². The summed E-state index contributed by atoms with van der Waals surface area (Å²) in [7, 11) is -4.22. The molecular weight excluding hydrogens is 463 g/mol. The predicted molar refractivity (Wildman–Crippen MR) is 104 cm³/mol. The van der Waals surface area contributed by atoms with Gasteiger partial charge in [0.05, 0.1) is 15.4 Å². The first kappa shape index (κ1) is 23.0. The first-order valence-corrected chi connectivity index (χ1v) is 10.6. The van der Waals surface area contributed by atoms with Crippen molar-refractivity contribution in [1.29, 1.82) is 0 Å². The molecule has 1 aliphatic rings. The van der Waals surface area contributed by atoms with Crippen LogP contribution in [-0.2, 0) is 16.2 Å². The summed E-state index contributed by atoms with van der Waals surface area (Å²) in [5.74, 6) is -0.667. The molecule has 8 nitrogen and oxygen atoms in total. The van der Waals surface area contributed by atoms with Gasteiger partial charge in [-0.05, 0) is 30.3 Å². The average molecular weight is 478 g/mol. The largest absolute Gasteiger partial charge is 0.416 e. The number of alkyl halides is 3. The van der Waals surface area contributed by atoms with Gasteiger partial charge in [0, 0.05) is 37.3 Å². The van der Waals surface area contributed by atoms with E-state index in [1.165, 1.54) is 17.0 Å². The molecule has 3 rings (SSSR count). The summed E-state index contributed by atoms with van der Waals surface area (Å²) in [6.45, 7) is -0.523. The molecule has 1 amide bonds. The minimum absolute atomic E-state index is 0.0836. The van der Waals surface area contributed by atoms with Gasteiger partial charge in [0.2, 0.25) is 10.0 Å². The second-order valence-electron chi connectivity index (χ2n) is 6.64. The third-order valence-corrected chi connectivity index (χ3v) is 6.84. The summed E-state index contributed by atoms with van der Waals surface area (Å²) >= 11 is 5.75. The van der Waals surface area contributed by atoms with Crippen molar-refractivity contribution in [2.45, 2.75) is 11.1 Å². The molecule has 0 atom stereocenters. The second-order valence-corrected chi connectivity index (χ2v) is 9.01. The zero-order valence-electron chi connectivity index (χ0n) is 15.7. The number of piperazine rings is 1.